The molecule has 1 heteroatoms. The normalized spacial score (nSPS) is 9.94. The minimum atomic E-state index is 0. The average molecular weight is 240 g/mol. The summed E-state index contributed by atoms with van der Waals surface area (Å²) in [6.45, 7) is 4.29. The maximum Gasteiger partial charge on any atom is 0.193 e. The minimum Gasteiger partial charge on any atom is -0.289 e. The van der Waals surface area contributed by atoms with Crippen LogP contribution in [-0.4, -0.2) is 5.78 Å². The van der Waals surface area contributed by atoms with Gasteiger partial charge >= 0.3 is 0 Å². The predicted octanol–water partition coefficient (Wildman–Crippen LogP) is 4.68. The highest BCUT2D eigenvalue weighted by Crippen LogP contribution is 2.16. The van der Waals surface area contributed by atoms with Crippen molar-refractivity contribution in [1.82, 2.24) is 0 Å². The number of benzene rings is 2. The number of carbonyl (C=O) groups excluding carboxylic acids is 1. The van der Waals surface area contributed by atoms with Crippen molar-refractivity contribution in [2.24, 2.45) is 0 Å². The van der Waals surface area contributed by atoms with Crippen LogP contribution in [0.15, 0.2) is 54.6 Å². The van der Waals surface area contributed by atoms with Gasteiger partial charge in [-0.1, -0.05) is 75.9 Å². The quantitative estimate of drug-likeness (QED) is 0.712. The largest absolute Gasteiger partial charge is 0.289 e. The lowest BCUT2D eigenvalue weighted by molar-refractivity contribution is 0.103. The van der Waals surface area contributed by atoms with Gasteiger partial charge in [0.2, 0.25) is 0 Å². The summed E-state index contributed by atoms with van der Waals surface area (Å²) >= 11 is 0. The van der Waals surface area contributed by atoms with Crippen molar-refractivity contribution < 1.29 is 4.79 Å². The minimum absolute atomic E-state index is 0. The SMILES string of the molecule is C.CC(C)c1ccc(C(=O)c2ccccc2)cc1. The highest BCUT2D eigenvalue weighted by atomic mass is 16.1. The Bertz CT molecular complexity index is 495. The molecule has 0 aliphatic carbocycles. The van der Waals surface area contributed by atoms with Crippen molar-refractivity contribution in [3.63, 3.8) is 0 Å². The van der Waals surface area contributed by atoms with E-state index < -0.39 is 0 Å². The zero-order valence-corrected chi connectivity index (χ0v) is 10.2. The Morgan fingerprint density at radius 1 is 0.833 bits per heavy atom. The van der Waals surface area contributed by atoms with E-state index in [9.17, 15) is 4.79 Å². The van der Waals surface area contributed by atoms with Crippen LogP contribution in [0, 0.1) is 0 Å². The lowest BCUT2D eigenvalue weighted by Gasteiger charge is -2.06. The molecule has 0 aromatic heterocycles. The van der Waals surface area contributed by atoms with Gasteiger partial charge in [-0.15, -0.1) is 0 Å². The molecular weight excluding hydrogens is 220 g/mol. The maximum atomic E-state index is 12.1. The summed E-state index contributed by atoms with van der Waals surface area (Å²) < 4.78 is 0. The van der Waals surface area contributed by atoms with Gasteiger partial charge in [-0.2, -0.15) is 0 Å². The summed E-state index contributed by atoms with van der Waals surface area (Å²) in [7, 11) is 0. The summed E-state index contributed by atoms with van der Waals surface area (Å²) in [4.78, 5) is 12.1. The third-order valence-corrected chi connectivity index (χ3v) is 2.88. The highest BCUT2D eigenvalue weighted by molar-refractivity contribution is 6.08. The Kier molecular flexibility index (Phi) is 4.85. The molecule has 0 spiro atoms. The standard InChI is InChI=1S/C16H16O.CH4/c1-12(2)13-8-10-15(11-9-13)16(17)14-6-4-3-5-7-14;/h3-12H,1-2H3;1H4. The van der Waals surface area contributed by atoms with E-state index in [1.54, 1.807) is 0 Å². The van der Waals surface area contributed by atoms with Gasteiger partial charge in [-0.25, -0.2) is 0 Å². The molecule has 0 bridgehead atoms. The summed E-state index contributed by atoms with van der Waals surface area (Å²) in [5, 5.41) is 0. The fraction of sp³-hybridized carbons (Fsp3) is 0.235. The molecule has 1 nitrogen and oxygen atoms in total. The molecule has 0 saturated heterocycles. The van der Waals surface area contributed by atoms with Gasteiger partial charge in [-0.05, 0) is 11.5 Å². The molecule has 18 heavy (non-hydrogen) atoms. The molecule has 0 amide bonds. The van der Waals surface area contributed by atoms with E-state index in [4.69, 9.17) is 0 Å². The lowest BCUT2D eigenvalue weighted by Crippen LogP contribution is -2.01. The molecule has 2 rings (SSSR count). The third-order valence-electron chi connectivity index (χ3n) is 2.88. The molecule has 0 fully saturated rings. The van der Waals surface area contributed by atoms with Crippen LogP contribution in [0.4, 0.5) is 0 Å². The van der Waals surface area contributed by atoms with E-state index in [1.807, 2.05) is 54.6 Å². The maximum absolute atomic E-state index is 12.1. The van der Waals surface area contributed by atoms with Gasteiger partial charge < -0.3 is 0 Å². The van der Waals surface area contributed by atoms with Crippen LogP contribution >= 0.6 is 0 Å². The van der Waals surface area contributed by atoms with Crippen LogP contribution < -0.4 is 0 Å². The molecule has 0 N–H and O–H groups in total. The van der Waals surface area contributed by atoms with Crippen LogP contribution in [0.5, 0.6) is 0 Å². The van der Waals surface area contributed by atoms with Crippen molar-refractivity contribution in [2.75, 3.05) is 0 Å². The molecule has 2 aromatic carbocycles. The van der Waals surface area contributed by atoms with Crippen molar-refractivity contribution in [1.29, 1.82) is 0 Å². The Balaban J connectivity index is 0.00000162. The van der Waals surface area contributed by atoms with Gasteiger partial charge in [0.15, 0.2) is 5.78 Å². The van der Waals surface area contributed by atoms with Crippen molar-refractivity contribution >= 4 is 5.78 Å². The van der Waals surface area contributed by atoms with E-state index in [0.717, 1.165) is 11.1 Å². The molecule has 0 unspecified atom stereocenters. The number of rotatable bonds is 3. The van der Waals surface area contributed by atoms with E-state index >= 15 is 0 Å². The number of ketones is 1. The number of carbonyl (C=O) groups is 1. The van der Waals surface area contributed by atoms with Crippen LogP contribution in [0.3, 0.4) is 0 Å². The molecule has 0 aliphatic heterocycles. The van der Waals surface area contributed by atoms with Crippen LogP contribution in [0.25, 0.3) is 0 Å². The Labute approximate surface area is 109 Å². The van der Waals surface area contributed by atoms with E-state index in [0.29, 0.717) is 5.92 Å². The first-order valence-electron chi connectivity index (χ1n) is 5.88. The smallest absolute Gasteiger partial charge is 0.193 e. The second-order valence-electron chi connectivity index (χ2n) is 4.47. The molecule has 2 aromatic rings. The molecule has 0 aliphatic rings. The van der Waals surface area contributed by atoms with Gasteiger partial charge in [-0.3, -0.25) is 4.79 Å². The van der Waals surface area contributed by atoms with Crippen molar-refractivity contribution in [3.8, 4) is 0 Å². The first kappa shape index (κ1) is 14.2. The Morgan fingerprint density at radius 2 is 1.33 bits per heavy atom. The molecule has 94 valence electrons. The molecular formula is C17H20O. The predicted molar refractivity (Wildman–Crippen MR) is 77.1 cm³/mol. The monoisotopic (exact) mass is 240 g/mol. The fourth-order valence-electron chi connectivity index (χ4n) is 1.78. The van der Waals surface area contributed by atoms with Gasteiger partial charge in [0.1, 0.15) is 0 Å². The second kappa shape index (κ2) is 6.15. The molecule has 0 heterocycles. The third kappa shape index (κ3) is 3.07. The average Bonchev–Trinajstić information content (AvgIpc) is 2.39. The van der Waals surface area contributed by atoms with Crippen LogP contribution in [-0.2, 0) is 0 Å². The highest BCUT2D eigenvalue weighted by Gasteiger charge is 2.08. The molecule has 0 saturated carbocycles. The van der Waals surface area contributed by atoms with Crippen molar-refractivity contribution in [3.05, 3.63) is 71.3 Å². The summed E-state index contributed by atoms with van der Waals surface area (Å²) in [6.07, 6.45) is 0. The zero-order chi connectivity index (χ0) is 12.3. The first-order chi connectivity index (χ1) is 8.18. The van der Waals surface area contributed by atoms with E-state index in [-0.39, 0.29) is 13.2 Å². The summed E-state index contributed by atoms with van der Waals surface area (Å²) in [5.41, 5.74) is 2.75. The summed E-state index contributed by atoms with van der Waals surface area (Å²) in [5.74, 6) is 0.580. The van der Waals surface area contributed by atoms with E-state index in [1.165, 1.54) is 5.56 Å². The second-order valence-corrected chi connectivity index (χ2v) is 4.47. The first-order valence-corrected chi connectivity index (χ1v) is 5.88. The van der Waals surface area contributed by atoms with Gasteiger partial charge in [0.25, 0.3) is 0 Å². The lowest BCUT2D eigenvalue weighted by atomic mass is 9.98. The summed E-state index contributed by atoms with van der Waals surface area (Å²) in [6, 6.07) is 17.2. The van der Waals surface area contributed by atoms with Crippen LogP contribution in [0.2, 0.25) is 0 Å². The fourth-order valence-corrected chi connectivity index (χ4v) is 1.78. The molecule has 0 radical (unpaired) electrons. The Morgan fingerprint density at radius 3 is 1.83 bits per heavy atom. The zero-order valence-electron chi connectivity index (χ0n) is 10.2. The van der Waals surface area contributed by atoms with Gasteiger partial charge in [0, 0.05) is 11.1 Å². The topological polar surface area (TPSA) is 17.1 Å². The number of hydrogen-bond donors (Lipinski definition) is 0. The number of hydrogen-bond acceptors (Lipinski definition) is 1. The van der Waals surface area contributed by atoms with Crippen molar-refractivity contribution in [2.45, 2.75) is 27.2 Å². The Hall–Kier alpha value is -1.89. The van der Waals surface area contributed by atoms with Gasteiger partial charge in [0.05, 0.1) is 0 Å². The molecule has 0 atom stereocenters. The van der Waals surface area contributed by atoms with E-state index in [2.05, 4.69) is 13.8 Å². The van der Waals surface area contributed by atoms with Crippen LogP contribution in [0.1, 0.15) is 48.7 Å².